The number of hydrogen-bond acceptors (Lipinski definition) is 4. The highest BCUT2D eigenvalue weighted by Crippen LogP contribution is 2.59. The number of aromatic amines is 1. The number of benzene rings is 2. The van der Waals surface area contributed by atoms with Crippen molar-refractivity contribution in [2.45, 2.75) is 37.6 Å². The van der Waals surface area contributed by atoms with E-state index in [2.05, 4.69) is 9.97 Å². The molecule has 0 bridgehead atoms. The fourth-order valence-electron chi connectivity index (χ4n) is 4.43. The van der Waals surface area contributed by atoms with Gasteiger partial charge in [-0.15, -0.1) is 0 Å². The second-order valence-electron chi connectivity index (χ2n) is 8.13. The number of nitrogens with zero attached hydrogens (tertiary/aromatic N) is 1. The monoisotopic (exact) mass is 469 g/mol. The fourth-order valence-corrected chi connectivity index (χ4v) is 4.43. The number of H-pyrrole nitrogens is 1. The van der Waals surface area contributed by atoms with Crippen molar-refractivity contribution in [2.24, 2.45) is 11.7 Å². The van der Waals surface area contributed by atoms with Crippen LogP contribution in [0.25, 0.3) is 11.0 Å². The zero-order valence-electron chi connectivity index (χ0n) is 17.8. The van der Waals surface area contributed by atoms with Crippen molar-refractivity contribution in [3.05, 3.63) is 58.9 Å². The molecule has 0 aliphatic carbocycles. The molecule has 2 unspecified atom stereocenters. The summed E-state index contributed by atoms with van der Waals surface area (Å²) >= 11 is 0. The molecule has 176 valence electrons. The average molecular weight is 469 g/mol. The largest absolute Gasteiger partial charge is 0.493 e. The Bertz CT molecular complexity index is 1240. The third-order valence-corrected chi connectivity index (χ3v) is 6.38. The Kier molecular flexibility index (Phi) is 5.35. The van der Waals surface area contributed by atoms with E-state index in [1.54, 1.807) is 6.07 Å². The molecule has 1 aliphatic rings. The predicted molar refractivity (Wildman–Crippen MR) is 108 cm³/mol. The van der Waals surface area contributed by atoms with Crippen molar-refractivity contribution in [3.63, 3.8) is 0 Å². The van der Waals surface area contributed by atoms with Crippen LogP contribution in [-0.2, 0) is 4.74 Å². The quantitative estimate of drug-likeness (QED) is 0.539. The van der Waals surface area contributed by atoms with Crippen molar-refractivity contribution < 1.29 is 36.2 Å². The summed E-state index contributed by atoms with van der Waals surface area (Å²) in [6.45, 7) is 2.21. The van der Waals surface area contributed by atoms with Gasteiger partial charge in [-0.3, -0.25) is 4.79 Å². The summed E-state index contributed by atoms with van der Waals surface area (Å²) in [6.07, 6.45) is -6.13. The van der Waals surface area contributed by atoms with Gasteiger partial charge in [0.05, 0.1) is 18.2 Å². The number of rotatable bonds is 4. The van der Waals surface area contributed by atoms with Crippen molar-refractivity contribution in [3.8, 4) is 5.75 Å². The summed E-state index contributed by atoms with van der Waals surface area (Å²) in [5.74, 6) is -6.19. The number of amides is 1. The number of alkyl halides is 3. The number of imidazole rings is 1. The Balaban J connectivity index is 1.94. The van der Waals surface area contributed by atoms with Crippen LogP contribution in [0.5, 0.6) is 5.75 Å². The van der Waals surface area contributed by atoms with Gasteiger partial charge in [0.25, 0.3) is 5.91 Å². The molecule has 0 radical (unpaired) electrons. The van der Waals surface area contributed by atoms with Crippen LogP contribution in [0, 0.1) is 17.6 Å². The summed E-state index contributed by atoms with van der Waals surface area (Å²) < 4.78 is 81.2. The SMILES string of the molecule is COc1c(C2C(C)[C@](C)(C(F)(F)F)O[C@H]2c2nc3c(C(N)=O)cccc3[nH]2)ccc(F)c1F. The van der Waals surface area contributed by atoms with E-state index >= 15 is 0 Å². The lowest BCUT2D eigenvalue weighted by Crippen LogP contribution is -2.46. The van der Waals surface area contributed by atoms with Gasteiger partial charge in [-0.2, -0.15) is 17.6 Å². The Labute approximate surface area is 184 Å². The molecule has 6 nitrogen and oxygen atoms in total. The maximum Gasteiger partial charge on any atom is 0.417 e. The normalized spacial score (nSPS) is 25.5. The second-order valence-corrected chi connectivity index (χ2v) is 8.13. The first-order valence-electron chi connectivity index (χ1n) is 9.95. The molecule has 2 aromatic carbocycles. The van der Waals surface area contributed by atoms with Gasteiger partial charge in [0.15, 0.2) is 17.2 Å². The van der Waals surface area contributed by atoms with E-state index in [4.69, 9.17) is 15.2 Å². The average Bonchev–Trinajstić information content (AvgIpc) is 3.29. The van der Waals surface area contributed by atoms with E-state index < -0.39 is 53.0 Å². The predicted octanol–water partition coefficient (Wildman–Crippen LogP) is 4.76. The van der Waals surface area contributed by atoms with Crippen molar-refractivity contribution in [1.82, 2.24) is 9.97 Å². The molecule has 2 heterocycles. The summed E-state index contributed by atoms with van der Waals surface area (Å²) in [7, 11) is 1.10. The number of primary amides is 1. The van der Waals surface area contributed by atoms with Gasteiger partial charge in [0.1, 0.15) is 17.4 Å². The maximum atomic E-state index is 14.5. The summed E-state index contributed by atoms with van der Waals surface area (Å²) in [4.78, 5) is 19.0. The number of hydrogen-bond donors (Lipinski definition) is 2. The Morgan fingerprint density at radius 1 is 1.24 bits per heavy atom. The summed E-state index contributed by atoms with van der Waals surface area (Å²) in [6, 6.07) is 6.55. The highest BCUT2D eigenvalue weighted by molar-refractivity contribution is 6.04. The molecule has 4 atom stereocenters. The first-order chi connectivity index (χ1) is 15.4. The molecule has 1 saturated heterocycles. The lowest BCUT2D eigenvalue weighted by Gasteiger charge is -2.32. The highest BCUT2D eigenvalue weighted by Gasteiger charge is 2.65. The number of ether oxygens (including phenoxy) is 2. The number of methoxy groups -OCH3 is 1. The maximum absolute atomic E-state index is 14.5. The third kappa shape index (κ3) is 3.41. The minimum Gasteiger partial charge on any atom is -0.493 e. The topological polar surface area (TPSA) is 90.2 Å². The van der Waals surface area contributed by atoms with Crippen LogP contribution in [0.3, 0.4) is 0 Å². The van der Waals surface area contributed by atoms with Crippen molar-refractivity contribution in [1.29, 1.82) is 0 Å². The third-order valence-electron chi connectivity index (χ3n) is 6.38. The van der Waals surface area contributed by atoms with E-state index in [1.807, 2.05) is 0 Å². The van der Waals surface area contributed by atoms with Crippen LogP contribution >= 0.6 is 0 Å². The van der Waals surface area contributed by atoms with Gasteiger partial charge in [0.2, 0.25) is 5.82 Å². The molecule has 0 spiro atoms. The number of nitrogens with one attached hydrogen (secondary N) is 1. The van der Waals surface area contributed by atoms with E-state index in [-0.39, 0.29) is 22.5 Å². The lowest BCUT2D eigenvalue weighted by atomic mass is 9.77. The van der Waals surface area contributed by atoms with Crippen LogP contribution in [0.4, 0.5) is 22.0 Å². The number of nitrogens with two attached hydrogens (primary N) is 1. The first kappa shape index (κ1) is 23.0. The highest BCUT2D eigenvalue weighted by atomic mass is 19.4. The van der Waals surface area contributed by atoms with Crippen LogP contribution < -0.4 is 10.5 Å². The van der Waals surface area contributed by atoms with Crippen LogP contribution in [0.2, 0.25) is 0 Å². The molecule has 3 N–H and O–H groups in total. The van der Waals surface area contributed by atoms with Gasteiger partial charge in [-0.05, 0) is 25.1 Å². The lowest BCUT2D eigenvalue weighted by molar-refractivity contribution is -0.275. The van der Waals surface area contributed by atoms with Crippen LogP contribution in [-0.4, -0.2) is 34.8 Å². The van der Waals surface area contributed by atoms with E-state index in [0.717, 1.165) is 20.1 Å². The molecular weight excluding hydrogens is 449 g/mol. The Morgan fingerprint density at radius 3 is 2.55 bits per heavy atom. The molecule has 1 aliphatic heterocycles. The van der Waals surface area contributed by atoms with E-state index in [1.165, 1.54) is 25.1 Å². The van der Waals surface area contributed by atoms with Gasteiger partial charge < -0.3 is 20.2 Å². The number of fused-ring (bicyclic) bond motifs is 1. The molecule has 33 heavy (non-hydrogen) atoms. The summed E-state index contributed by atoms with van der Waals surface area (Å²) in [5.41, 5.74) is 3.33. The molecule has 11 heteroatoms. The molecule has 1 fully saturated rings. The van der Waals surface area contributed by atoms with Gasteiger partial charge in [-0.1, -0.05) is 19.1 Å². The molecule has 1 amide bonds. The minimum atomic E-state index is -4.78. The summed E-state index contributed by atoms with van der Waals surface area (Å²) in [5, 5.41) is 0. The standard InChI is InChI=1S/C22H20F5N3O3/c1-9-14(10-7-8-12(23)15(24)17(10)32-3)18(33-21(9,2)22(25,26)27)20-29-13-6-4-5-11(19(28)31)16(13)30-20/h4-9,14,18H,1-3H3,(H2,28,31)(H,29,30)/t9?,14?,18-,21-/m1/s1. The molecule has 4 rings (SSSR count). The Hall–Kier alpha value is -3.21. The van der Waals surface area contributed by atoms with E-state index in [9.17, 15) is 26.7 Å². The van der Waals surface area contributed by atoms with Crippen molar-refractivity contribution >= 4 is 16.9 Å². The zero-order chi connectivity index (χ0) is 24.3. The number of halogens is 5. The molecule has 1 aromatic heterocycles. The van der Waals surface area contributed by atoms with Gasteiger partial charge in [-0.25, -0.2) is 9.37 Å². The zero-order valence-corrected chi connectivity index (χ0v) is 17.8. The number of para-hydroxylation sites is 1. The molecular formula is C22H20F5N3O3. The minimum absolute atomic E-state index is 0.00236. The second kappa shape index (κ2) is 7.68. The smallest absolute Gasteiger partial charge is 0.417 e. The first-order valence-corrected chi connectivity index (χ1v) is 9.95. The molecule has 3 aromatic rings. The van der Waals surface area contributed by atoms with Crippen LogP contribution in [0.1, 0.15) is 47.6 Å². The van der Waals surface area contributed by atoms with Crippen LogP contribution in [0.15, 0.2) is 30.3 Å². The number of aromatic nitrogens is 2. The molecule has 0 saturated carbocycles. The van der Waals surface area contributed by atoms with Gasteiger partial charge in [0, 0.05) is 17.4 Å². The van der Waals surface area contributed by atoms with E-state index in [0.29, 0.717) is 5.52 Å². The van der Waals surface area contributed by atoms with Crippen molar-refractivity contribution in [2.75, 3.05) is 7.11 Å². The number of carbonyl (C=O) groups excluding carboxylic acids is 1. The fraction of sp³-hybridized carbons (Fsp3) is 0.364. The van der Waals surface area contributed by atoms with Gasteiger partial charge >= 0.3 is 6.18 Å². The number of carbonyl (C=O) groups is 1. The Morgan fingerprint density at radius 2 is 1.94 bits per heavy atom.